The summed E-state index contributed by atoms with van der Waals surface area (Å²) in [6.45, 7) is 2.60. The molecular formula is C31H31N5O3. The van der Waals surface area contributed by atoms with Crippen LogP contribution >= 0.6 is 0 Å². The predicted molar refractivity (Wildman–Crippen MR) is 152 cm³/mol. The van der Waals surface area contributed by atoms with E-state index in [1.165, 1.54) is 0 Å². The summed E-state index contributed by atoms with van der Waals surface area (Å²) in [4.78, 5) is 7.03. The van der Waals surface area contributed by atoms with Gasteiger partial charge in [0.25, 0.3) is 0 Å². The van der Waals surface area contributed by atoms with E-state index in [9.17, 15) is 0 Å². The molecule has 1 unspecified atom stereocenters. The van der Waals surface area contributed by atoms with Crippen LogP contribution in [0.2, 0.25) is 0 Å². The number of likely N-dealkylation sites (N-methyl/N-ethyl adjacent to an activating group) is 1. The zero-order valence-electron chi connectivity index (χ0n) is 22.1. The van der Waals surface area contributed by atoms with Crippen LogP contribution in [0.4, 0.5) is 5.82 Å². The Hall–Kier alpha value is -4.56. The molecule has 2 aromatic heterocycles. The number of hydrogen-bond acceptors (Lipinski definition) is 7. The fourth-order valence-electron chi connectivity index (χ4n) is 4.84. The van der Waals surface area contributed by atoms with Crippen molar-refractivity contribution < 1.29 is 14.2 Å². The monoisotopic (exact) mass is 521 g/mol. The molecule has 0 amide bonds. The Bertz CT molecular complexity index is 1540. The summed E-state index contributed by atoms with van der Waals surface area (Å²) >= 11 is 0. The molecule has 1 fully saturated rings. The van der Waals surface area contributed by atoms with E-state index in [-0.39, 0.29) is 0 Å². The first kappa shape index (κ1) is 24.8. The summed E-state index contributed by atoms with van der Waals surface area (Å²) in [6, 6.07) is 27.6. The van der Waals surface area contributed by atoms with Crippen LogP contribution < -0.4 is 19.5 Å². The van der Waals surface area contributed by atoms with Crippen LogP contribution in [0.15, 0.2) is 91.1 Å². The Morgan fingerprint density at radius 3 is 2.23 bits per heavy atom. The van der Waals surface area contributed by atoms with Crippen molar-refractivity contribution in [2.45, 2.75) is 19.0 Å². The molecule has 5 aromatic rings. The van der Waals surface area contributed by atoms with Gasteiger partial charge in [0.15, 0.2) is 11.5 Å². The van der Waals surface area contributed by atoms with Gasteiger partial charge in [0, 0.05) is 24.8 Å². The fourth-order valence-corrected chi connectivity index (χ4v) is 4.84. The van der Waals surface area contributed by atoms with Crippen LogP contribution in [0.1, 0.15) is 12.0 Å². The van der Waals surface area contributed by atoms with E-state index >= 15 is 0 Å². The summed E-state index contributed by atoms with van der Waals surface area (Å²) in [5.41, 5.74) is 1.87. The maximum Gasteiger partial charge on any atom is 0.164 e. The van der Waals surface area contributed by atoms with Crippen molar-refractivity contribution >= 4 is 16.9 Å². The molecule has 0 radical (unpaired) electrons. The summed E-state index contributed by atoms with van der Waals surface area (Å²) in [7, 11) is 3.81. The number of nitrogens with one attached hydrogen (secondary N) is 1. The fraction of sp³-hybridized carbons (Fsp3) is 0.226. The lowest BCUT2D eigenvalue weighted by molar-refractivity contribution is 0.414. The zero-order chi connectivity index (χ0) is 26.6. The van der Waals surface area contributed by atoms with Crippen LogP contribution in [-0.4, -0.2) is 53.0 Å². The van der Waals surface area contributed by atoms with E-state index in [1.807, 2.05) is 89.6 Å². The summed E-state index contributed by atoms with van der Waals surface area (Å²) in [6.07, 6.45) is 2.83. The normalized spacial score (nSPS) is 15.4. The minimum atomic E-state index is 0.310. The Morgan fingerprint density at radius 2 is 1.54 bits per heavy atom. The Kier molecular flexibility index (Phi) is 7.01. The second-order valence-electron chi connectivity index (χ2n) is 9.74. The van der Waals surface area contributed by atoms with Crippen molar-refractivity contribution in [3.63, 3.8) is 0 Å². The van der Waals surface area contributed by atoms with E-state index in [4.69, 9.17) is 24.3 Å². The second kappa shape index (κ2) is 11.0. The highest BCUT2D eigenvalue weighted by Gasteiger charge is 2.24. The molecule has 3 aromatic carbocycles. The molecule has 1 aliphatic heterocycles. The number of pyridine rings is 1. The molecule has 1 atom stereocenters. The molecule has 39 heavy (non-hydrogen) atoms. The van der Waals surface area contributed by atoms with Crippen molar-refractivity contribution in [1.82, 2.24) is 19.7 Å². The Labute approximate surface area is 227 Å². The van der Waals surface area contributed by atoms with Gasteiger partial charge < -0.3 is 24.4 Å². The third kappa shape index (κ3) is 5.66. The standard InChI is InChI=1S/C31H31N5O3/c1-35-19-17-23(21-35)33-30-29-28(39-27-14-12-26(13-15-27)38-25-6-4-3-5-7-25)16-18-32-31(29)36(34-30)20-22-8-10-24(37-2)11-9-22/h3-16,18,23H,17,19-21H2,1-2H3,(H,33,34). The van der Waals surface area contributed by atoms with Gasteiger partial charge in [0.1, 0.15) is 34.1 Å². The van der Waals surface area contributed by atoms with Crippen molar-refractivity contribution in [1.29, 1.82) is 0 Å². The van der Waals surface area contributed by atoms with Gasteiger partial charge in [0.2, 0.25) is 0 Å². The molecule has 1 N–H and O–H groups in total. The minimum absolute atomic E-state index is 0.310. The number of para-hydroxylation sites is 1. The maximum atomic E-state index is 6.40. The maximum absolute atomic E-state index is 6.40. The molecule has 0 bridgehead atoms. The van der Waals surface area contributed by atoms with E-state index in [1.54, 1.807) is 13.3 Å². The highest BCUT2D eigenvalue weighted by Crippen LogP contribution is 2.36. The number of methoxy groups -OCH3 is 1. The van der Waals surface area contributed by atoms with Crippen molar-refractivity contribution in [3.8, 4) is 28.7 Å². The molecule has 0 saturated carbocycles. The number of aromatic nitrogens is 3. The van der Waals surface area contributed by atoms with Gasteiger partial charge in [0.05, 0.1) is 13.7 Å². The largest absolute Gasteiger partial charge is 0.497 e. The predicted octanol–water partition coefficient (Wildman–Crippen LogP) is 6.19. The third-order valence-electron chi connectivity index (χ3n) is 6.85. The SMILES string of the molecule is COc1ccc(Cn2nc(NC3CCN(C)C3)c3c(Oc4ccc(Oc5ccccc5)cc4)ccnc32)cc1. The topological polar surface area (TPSA) is 73.7 Å². The molecule has 6 rings (SSSR count). The smallest absolute Gasteiger partial charge is 0.164 e. The van der Waals surface area contributed by atoms with Gasteiger partial charge in [-0.25, -0.2) is 9.67 Å². The second-order valence-corrected chi connectivity index (χ2v) is 9.74. The number of hydrogen-bond donors (Lipinski definition) is 1. The van der Waals surface area contributed by atoms with Gasteiger partial charge in [-0.2, -0.15) is 5.10 Å². The lowest BCUT2D eigenvalue weighted by atomic mass is 10.2. The third-order valence-corrected chi connectivity index (χ3v) is 6.85. The number of likely N-dealkylation sites (tertiary alicyclic amines) is 1. The Morgan fingerprint density at radius 1 is 0.846 bits per heavy atom. The highest BCUT2D eigenvalue weighted by atomic mass is 16.5. The van der Waals surface area contributed by atoms with Crippen molar-refractivity contribution in [2.24, 2.45) is 0 Å². The number of rotatable bonds is 9. The van der Waals surface area contributed by atoms with Gasteiger partial charge in [-0.1, -0.05) is 30.3 Å². The van der Waals surface area contributed by atoms with Gasteiger partial charge >= 0.3 is 0 Å². The summed E-state index contributed by atoms with van der Waals surface area (Å²) in [5, 5.41) is 9.51. The zero-order valence-corrected chi connectivity index (χ0v) is 22.1. The Balaban J connectivity index is 1.30. The minimum Gasteiger partial charge on any atom is -0.497 e. The van der Waals surface area contributed by atoms with E-state index < -0.39 is 0 Å². The first-order chi connectivity index (χ1) is 19.1. The molecule has 1 saturated heterocycles. The van der Waals surface area contributed by atoms with Crippen LogP contribution in [-0.2, 0) is 6.54 Å². The molecule has 1 aliphatic rings. The number of benzene rings is 3. The molecule has 8 heteroatoms. The van der Waals surface area contributed by atoms with E-state index in [0.29, 0.717) is 24.1 Å². The number of fused-ring (bicyclic) bond motifs is 1. The van der Waals surface area contributed by atoms with Crippen LogP contribution in [0.5, 0.6) is 28.7 Å². The van der Waals surface area contributed by atoms with Crippen LogP contribution in [0.25, 0.3) is 11.0 Å². The molecule has 198 valence electrons. The lowest BCUT2D eigenvalue weighted by Crippen LogP contribution is -2.23. The molecule has 8 nitrogen and oxygen atoms in total. The quantitative estimate of drug-likeness (QED) is 0.248. The lowest BCUT2D eigenvalue weighted by Gasteiger charge is -2.13. The van der Waals surface area contributed by atoms with Crippen LogP contribution in [0, 0.1) is 0 Å². The molecule has 0 spiro atoms. The average molecular weight is 522 g/mol. The highest BCUT2D eigenvalue weighted by molar-refractivity contribution is 5.93. The van der Waals surface area contributed by atoms with Crippen molar-refractivity contribution in [2.75, 3.05) is 32.6 Å². The van der Waals surface area contributed by atoms with Crippen molar-refractivity contribution in [3.05, 3.63) is 96.7 Å². The average Bonchev–Trinajstić information content (AvgIpc) is 3.54. The van der Waals surface area contributed by atoms with Gasteiger partial charge in [-0.3, -0.25) is 0 Å². The first-order valence-corrected chi connectivity index (χ1v) is 13.1. The first-order valence-electron chi connectivity index (χ1n) is 13.1. The molecule has 0 aliphatic carbocycles. The molecule has 3 heterocycles. The van der Waals surface area contributed by atoms with E-state index in [0.717, 1.165) is 59.2 Å². The van der Waals surface area contributed by atoms with Crippen LogP contribution in [0.3, 0.4) is 0 Å². The van der Waals surface area contributed by atoms with E-state index in [2.05, 4.69) is 17.3 Å². The number of anilines is 1. The molecular weight excluding hydrogens is 490 g/mol. The van der Waals surface area contributed by atoms with Gasteiger partial charge in [-0.05, 0) is 74.1 Å². The van der Waals surface area contributed by atoms with Gasteiger partial charge in [-0.15, -0.1) is 0 Å². The number of nitrogens with zero attached hydrogens (tertiary/aromatic N) is 4. The number of ether oxygens (including phenoxy) is 3. The summed E-state index contributed by atoms with van der Waals surface area (Å²) < 4.78 is 19.6. The summed E-state index contributed by atoms with van der Waals surface area (Å²) in [5.74, 6) is 4.55.